The molecule has 0 aliphatic carbocycles. The zero-order valence-corrected chi connectivity index (χ0v) is 13.3. The van der Waals surface area contributed by atoms with Gasteiger partial charge in [-0.05, 0) is 18.2 Å². The number of para-hydroxylation sites is 1. The molecule has 0 saturated carbocycles. The van der Waals surface area contributed by atoms with Crippen molar-refractivity contribution in [1.29, 1.82) is 5.26 Å². The van der Waals surface area contributed by atoms with Gasteiger partial charge in [-0.3, -0.25) is 9.59 Å². The van der Waals surface area contributed by atoms with Gasteiger partial charge in [0.05, 0.1) is 12.2 Å². The van der Waals surface area contributed by atoms with E-state index in [-0.39, 0.29) is 17.9 Å². The van der Waals surface area contributed by atoms with Crippen molar-refractivity contribution in [3.63, 3.8) is 0 Å². The molecule has 0 amide bonds. The highest BCUT2D eigenvalue weighted by atomic mass is 16.1. The van der Waals surface area contributed by atoms with E-state index in [2.05, 4.69) is 5.32 Å². The molecule has 0 saturated heterocycles. The lowest BCUT2D eigenvalue weighted by molar-refractivity contribution is 0.0971. The van der Waals surface area contributed by atoms with Crippen LogP contribution in [0.5, 0.6) is 0 Å². The van der Waals surface area contributed by atoms with E-state index in [0.29, 0.717) is 11.3 Å². The second-order valence-electron chi connectivity index (χ2n) is 5.43. The largest absolute Gasteiger partial charge is 0.354 e. The topological polar surface area (TPSA) is 74.9 Å². The van der Waals surface area contributed by atoms with Crippen LogP contribution in [0.15, 0.2) is 77.7 Å². The summed E-state index contributed by atoms with van der Waals surface area (Å²) < 4.78 is 1.25. The van der Waals surface area contributed by atoms with Crippen LogP contribution in [0.4, 0.5) is 11.4 Å². The van der Waals surface area contributed by atoms with Gasteiger partial charge in [0, 0.05) is 17.4 Å². The molecule has 0 spiro atoms. The number of pyridine rings is 1. The van der Waals surface area contributed by atoms with Crippen molar-refractivity contribution < 1.29 is 4.79 Å². The van der Waals surface area contributed by atoms with Crippen LogP contribution in [0.3, 0.4) is 0 Å². The van der Waals surface area contributed by atoms with Crippen molar-refractivity contribution in [3.8, 4) is 6.07 Å². The van der Waals surface area contributed by atoms with E-state index in [0.717, 1.165) is 5.69 Å². The Labute approximate surface area is 144 Å². The quantitative estimate of drug-likeness (QED) is 0.728. The third-order valence-electron chi connectivity index (χ3n) is 3.74. The number of hydrogen-bond acceptors (Lipinski definition) is 4. The van der Waals surface area contributed by atoms with Crippen molar-refractivity contribution in [2.75, 3.05) is 5.32 Å². The second-order valence-corrected chi connectivity index (χ2v) is 5.43. The van der Waals surface area contributed by atoms with Gasteiger partial charge in [-0.25, -0.2) is 0 Å². The maximum absolute atomic E-state index is 12.5. The average Bonchev–Trinajstić information content (AvgIpc) is 2.66. The number of nitrogens with zero attached hydrogens (tertiary/aromatic N) is 2. The number of carbonyl (C=O) groups excluding carboxylic acids is 1. The predicted molar refractivity (Wildman–Crippen MR) is 95.9 cm³/mol. The van der Waals surface area contributed by atoms with E-state index in [4.69, 9.17) is 0 Å². The van der Waals surface area contributed by atoms with Crippen LogP contribution >= 0.6 is 0 Å². The van der Waals surface area contributed by atoms with E-state index >= 15 is 0 Å². The minimum absolute atomic E-state index is 0.0211. The number of ketones is 1. The molecule has 2 aromatic carbocycles. The van der Waals surface area contributed by atoms with Gasteiger partial charge in [-0.2, -0.15) is 5.26 Å². The molecular formula is C20H15N3O2. The number of benzene rings is 2. The van der Waals surface area contributed by atoms with Crippen LogP contribution < -0.4 is 10.9 Å². The third kappa shape index (κ3) is 3.65. The fourth-order valence-electron chi connectivity index (χ4n) is 2.46. The summed E-state index contributed by atoms with van der Waals surface area (Å²) in [4.78, 5) is 24.8. The van der Waals surface area contributed by atoms with E-state index < -0.39 is 5.56 Å². The lowest BCUT2D eigenvalue weighted by Crippen LogP contribution is -2.26. The number of nitriles is 1. The SMILES string of the molecule is N#Cc1c(Nc2ccccc2)ccn(CC(=O)c2ccccc2)c1=O. The molecule has 122 valence electrons. The number of carbonyl (C=O) groups is 1. The first kappa shape index (κ1) is 16.2. The molecule has 0 unspecified atom stereocenters. The minimum atomic E-state index is -0.493. The molecule has 0 atom stereocenters. The molecule has 1 N–H and O–H groups in total. The van der Waals surface area contributed by atoms with Gasteiger partial charge in [-0.1, -0.05) is 48.5 Å². The van der Waals surface area contributed by atoms with Crippen molar-refractivity contribution in [2.45, 2.75) is 6.54 Å². The van der Waals surface area contributed by atoms with Crippen molar-refractivity contribution in [1.82, 2.24) is 4.57 Å². The smallest absolute Gasteiger partial charge is 0.271 e. The van der Waals surface area contributed by atoms with Crippen LogP contribution in [0, 0.1) is 11.3 Å². The van der Waals surface area contributed by atoms with Crippen LogP contribution in [0.2, 0.25) is 0 Å². The first-order valence-corrected chi connectivity index (χ1v) is 7.73. The predicted octanol–water partition coefficient (Wildman–Crippen LogP) is 3.35. The van der Waals surface area contributed by atoms with Crippen LogP contribution in [0.25, 0.3) is 0 Å². The van der Waals surface area contributed by atoms with Crippen molar-refractivity contribution in [3.05, 3.63) is 94.4 Å². The van der Waals surface area contributed by atoms with Gasteiger partial charge in [0.15, 0.2) is 5.78 Å². The highest BCUT2D eigenvalue weighted by molar-refractivity contribution is 5.95. The Hall–Kier alpha value is -3.65. The summed E-state index contributed by atoms with van der Waals surface area (Å²) in [7, 11) is 0. The van der Waals surface area contributed by atoms with Crippen LogP contribution in [0.1, 0.15) is 15.9 Å². The molecule has 0 aliphatic heterocycles. The molecule has 5 nitrogen and oxygen atoms in total. The number of hydrogen-bond donors (Lipinski definition) is 1. The lowest BCUT2D eigenvalue weighted by atomic mass is 10.1. The zero-order valence-electron chi connectivity index (χ0n) is 13.3. The van der Waals surface area contributed by atoms with Gasteiger partial charge >= 0.3 is 0 Å². The zero-order chi connectivity index (χ0) is 17.6. The van der Waals surface area contributed by atoms with Crippen LogP contribution in [-0.2, 0) is 6.54 Å². The fraction of sp³-hybridized carbons (Fsp3) is 0.0500. The number of Topliss-reactive ketones (excluding diaryl/α,β-unsaturated/α-hetero) is 1. The summed E-state index contributed by atoms with van der Waals surface area (Å²) in [6.45, 7) is -0.108. The molecular weight excluding hydrogens is 314 g/mol. The number of aromatic nitrogens is 1. The maximum atomic E-state index is 12.5. The van der Waals surface area contributed by atoms with E-state index in [1.165, 1.54) is 10.8 Å². The summed E-state index contributed by atoms with van der Waals surface area (Å²) in [5, 5.41) is 12.4. The molecule has 0 fully saturated rings. The Morgan fingerprint density at radius 3 is 2.28 bits per heavy atom. The van der Waals surface area contributed by atoms with Gasteiger partial charge in [-0.15, -0.1) is 0 Å². The molecule has 3 aromatic rings. The Balaban J connectivity index is 1.89. The minimum Gasteiger partial charge on any atom is -0.354 e. The van der Waals surface area contributed by atoms with E-state index in [1.807, 2.05) is 42.5 Å². The van der Waals surface area contributed by atoms with Crippen molar-refractivity contribution in [2.24, 2.45) is 0 Å². The number of rotatable bonds is 5. The molecule has 0 radical (unpaired) electrons. The Morgan fingerprint density at radius 2 is 1.64 bits per heavy atom. The Bertz CT molecular complexity index is 987. The van der Waals surface area contributed by atoms with Crippen molar-refractivity contribution >= 4 is 17.2 Å². The maximum Gasteiger partial charge on any atom is 0.271 e. The number of anilines is 2. The highest BCUT2D eigenvalue weighted by Crippen LogP contribution is 2.17. The molecule has 0 bridgehead atoms. The van der Waals surface area contributed by atoms with Gasteiger partial charge in [0.25, 0.3) is 5.56 Å². The van der Waals surface area contributed by atoms with Gasteiger partial charge in [0.2, 0.25) is 0 Å². The molecule has 3 rings (SSSR count). The highest BCUT2D eigenvalue weighted by Gasteiger charge is 2.13. The summed E-state index contributed by atoms with van der Waals surface area (Å²) in [5.41, 5.74) is 1.21. The molecule has 5 heteroatoms. The third-order valence-corrected chi connectivity index (χ3v) is 3.74. The molecule has 25 heavy (non-hydrogen) atoms. The summed E-state index contributed by atoms with van der Waals surface area (Å²) in [6.07, 6.45) is 1.52. The first-order valence-electron chi connectivity index (χ1n) is 7.73. The Morgan fingerprint density at radius 1 is 1.00 bits per heavy atom. The van der Waals surface area contributed by atoms with Gasteiger partial charge in [0.1, 0.15) is 11.6 Å². The van der Waals surface area contributed by atoms with E-state index in [1.54, 1.807) is 30.3 Å². The molecule has 1 aromatic heterocycles. The lowest BCUT2D eigenvalue weighted by Gasteiger charge is -2.11. The number of nitrogens with one attached hydrogen (secondary N) is 1. The standard InChI is InChI=1S/C20H15N3O2/c21-13-17-18(22-16-9-5-2-6-10-16)11-12-23(20(17)25)14-19(24)15-7-3-1-4-8-15/h1-12,22H,14H2. The fourth-order valence-corrected chi connectivity index (χ4v) is 2.46. The Kier molecular flexibility index (Phi) is 4.72. The monoisotopic (exact) mass is 329 g/mol. The summed E-state index contributed by atoms with van der Waals surface area (Å²) >= 11 is 0. The second kappa shape index (κ2) is 7.28. The average molecular weight is 329 g/mol. The van der Waals surface area contributed by atoms with E-state index in [9.17, 15) is 14.9 Å². The summed E-state index contributed by atoms with van der Waals surface area (Å²) in [6, 6.07) is 21.6. The summed E-state index contributed by atoms with van der Waals surface area (Å²) in [5.74, 6) is -0.185. The molecule has 1 heterocycles. The van der Waals surface area contributed by atoms with Crippen LogP contribution in [-0.4, -0.2) is 10.4 Å². The molecule has 0 aliphatic rings. The first-order chi connectivity index (χ1) is 12.2. The van der Waals surface area contributed by atoms with Gasteiger partial charge < -0.3 is 9.88 Å². The normalized spacial score (nSPS) is 10.0.